The topological polar surface area (TPSA) is 175 Å². The maximum Gasteiger partial charge on any atom is 0.335 e. The van der Waals surface area contributed by atoms with Crippen LogP contribution in [-0.4, -0.2) is 118 Å². The van der Waals surface area contributed by atoms with Crippen LogP contribution in [0.5, 0.6) is 23.0 Å². The second-order valence-corrected chi connectivity index (χ2v) is 9.00. The van der Waals surface area contributed by atoms with Gasteiger partial charge in [0.05, 0.1) is 14.2 Å². The average molecular weight is 540 g/mol. The molecule has 1 aliphatic heterocycles. The number of rotatable bonds is 15. The SMILES string of the molecule is COc1c(O)c(CCCCCCCCCCO)c(C)c(O[C@@H]2O[C@H](C(=O)O)[C@@H](O)[C@H](O)[C@H]2O)c1OC.[Na]. The van der Waals surface area contributed by atoms with Crippen LogP contribution in [0.2, 0.25) is 0 Å². The van der Waals surface area contributed by atoms with E-state index in [1.54, 1.807) is 6.92 Å². The molecule has 0 aliphatic carbocycles. The molecule has 0 bridgehead atoms. The Morgan fingerprint density at radius 1 is 0.838 bits per heavy atom. The summed E-state index contributed by atoms with van der Waals surface area (Å²) in [6.07, 6.45) is -0.437. The summed E-state index contributed by atoms with van der Waals surface area (Å²) in [7, 11) is 2.68. The van der Waals surface area contributed by atoms with E-state index in [4.69, 9.17) is 24.1 Å². The van der Waals surface area contributed by atoms with Crippen molar-refractivity contribution in [2.75, 3.05) is 20.8 Å². The molecule has 0 amide bonds. The third kappa shape index (κ3) is 8.59. The molecular weight excluding hydrogens is 499 g/mol. The van der Waals surface area contributed by atoms with Gasteiger partial charge >= 0.3 is 5.97 Å². The molecule has 1 aromatic rings. The molecule has 1 radical (unpaired) electrons. The molecule has 0 spiro atoms. The van der Waals surface area contributed by atoms with Crippen LogP contribution >= 0.6 is 0 Å². The second kappa shape index (κ2) is 16.6. The van der Waals surface area contributed by atoms with Gasteiger partial charge in [-0.05, 0) is 26.2 Å². The summed E-state index contributed by atoms with van der Waals surface area (Å²) in [6, 6.07) is 0. The number of unbranched alkanes of at least 4 members (excludes halogenated alkanes) is 7. The van der Waals surface area contributed by atoms with Crippen molar-refractivity contribution >= 4 is 35.5 Å². The Bertz CT molecular complexity index is 851. The van der Waals surface area contributed by atoms with E-state index >= 15 is 0 Å². The molecule has 1 aromatic carbocycles. The predicted octanol–water partition coefficient (Wildman–Crippen LogP) is 1.26. The summed E-state index contributed by atoms with van der Waals surface area (Å²) >= 11 is 0. The van der Waals surface area contributed by atoms with Crippen molar-refractivity contribution in [1.29, 1.82) is 0 Å². The zero-order chi connectivity index (χ0) is 26.8. The van der Waals surface area contributed by atoms with E-state index in [9.17, 15) is 30.3 Å². The van der Waals surface area contributed by atoms with Gasteiger partial charge in [0, 0.05) is 47.3 Å². The monoisotopic (exact) mass is 539 g/mol. The summed E-state index contributed by atoms with van der Waals surface area (Å²) in [5.41, 5.74) is 1.03. The van der Waals surface area contributed by atoms with Gasteiger partial charge in [-0.2, -0.15) is 0 Å². The Morgan fingerprint density at radius 3 is 1.89 bits per heavy atom. The largest absolute Gasteiger partial charge is 0.504 e. The zero-order valence-electron chi connectivity index (χ0n) is 22.2. The van der Waals surface area contributed by atoms with Gasteiger partial charge in [0.2, 0.25) is 17.8 Å². The average Bonchev–Trinajstić information content (AvgIpc) is 2.85. The van der Waals surface area contributed by atoms with Crippen LogP contribution in [-0.2, 0) is 16.0 Å². The number of aromatic hydroxyl groups is 1. The van der Waals surface area contributed by atoms with E-state index in [1.807, 2.05) is 0 Å². The first-order valence-electron chi connectivity index (χ1n) is 12.4. The summed E-state index contributed by atoms with van der Waals surface area (Å²) in [4.78, 5) is 11.4. The minimum absolute atomic E-state index is 0. The quantitative estimate of drug-likeness (QED) is 0.140. The molecule has 11 nitrogen and oxygen atoms in total. The fraction of sp³-hybridized carbons (Fsp3) is 0.720. The van der Waals surface area contributed by atoms with Crippen LogP contribution in [0.3, 0.4) is 0 Å². The van der Waals surface area contributed by atoms with Gasteiger partial charge in [0.15, 0.2) is 17.6 Å². The molecule has 12 heteroatoms. The number of phenolic OH excluding ortho intramolecular Hbond substituents is 1. The molecule has 0 saturated carbocycles. The second-order valence-electron chi connectivity index (χ2n) is 9.00. The van der Waals surface area contributed by atoms with E-state index in [0.29, 0.717) is 17.5 Å². The normalized spacial score (nSPS) is 23.3. The number of ether oxygens (including phenoxy) is 4. The van der Waals surface area contributed by atoms with E-state index in [0.717, 1.165) is 51.4 Å². The van der Waals surface area contributed by atoms with Crippen molar-refractivity contribution in [2.45, 2.75) is 95.4 Å². The van der Waals surface area contributed by atoms with E-state index < -0.39 is 36.7 Å². The number of methoxy groups -OCH3 is 2. The number of aliphatic carboxylic acids is 1. The Kier molecular flexibility index (Phi) is 15.1. The van der Waals surface area contributed by atoms with Gasteiger partial charge < -0.3 is 49.6 Å². The van der Waals surface area contributed by atoms with Gasteiger partial charge in [-0.1, -0.05) is 38.5 Å². The fourth-order valence-corrected chi connectivity index (χ4v) is 4.39. The number of hydrogen-bond acceptors (Lipinski definition) is 10. The summed E-state index contributed by atoms with van der Waals surface area (Å²) in [6.45, 7) is 1.91. The smallest absolute Gasteiger partial charge is 0.335 e. The Hall–Kier alpha value is -1.31. The number of carboxylic acid groups (broad SMARTS) is 1. The zero-order valence-corrected chi connectivity index (χ0v) is 24.2. The molecule has 207 valence electrons. The summed E-state index contributed by atoms with van der Waals surface area (Å²) in [5.74, 6) is -1.54. The molecule has 1 heterocycles. The molecule has 1 aliphatic rings. The van der Waals surface area contributed by atoms with Crippen LogP contribution < -0.4 is 14.2 Å². The molecule has 6 N–H and O–H groups in total. The summed E-state index contributed by atoms with van der Waals surface area (Å²) in [5, 5.41) is 59.4. The number of hydrogen-bond donors (Lipinski definition) is 6. The number of aliphatic hydroxyl groups excluding tert-OH is 4. The molecule has 1 fully saturated rings. The Morgan fingerprint density at radius 2 is 1.38 bits per heavy atom. The molecule has 37 heavy (non-hydrogen) atoms. The number of benzene rings is 1. The van der Waals surface area contributed by atoms with Gasteiger partial charge in [-0.15, -0.1) is 0 Å². The van der Waals surface area contributed by atoms with Crippen LogP contribution in [0.4, 0.5) is 0 Å². The molecule has 1 saturated heterocycles. The molecule has 5 atom stereocenters. The van der Waals surface area contributed by atoms with Gasteiger partial charge in [-0.3, -0.25) is 0 Å². The van der Waals surface area contributed by atoms with E-state index in [1.165, 1.54) is 14.2 Å². The minimum Gasteiger partial charge on any atom is -0.504 e. The molecular formula is C25H40NaO11. The van der Waals surface area contributed by atoms with E-state index in [-0.39, 0.29) is 59.2 Å². The number of phenols is 1. The summed E-state index contributed by atoms with van der Waals surface area (Å²) < 4.78 is 21.8. The predicted molar refractivity (Wildman–Crippen MR) is 134 cm³/mol. The molecule has 2 rings (SSSR count). The standard InChI is InChI=1S/C25H40O11.Na/c1-14-15(12-10-8-6-4-5-7-9-11-13-26)16(27)21(33-2)23(34-3)20(14)35-25-19(30)17(28)18(29)22(36-25)24(31)32;/h17-19,22,25-30H,4-13H2,1-3H3,(H,31,32);/t17-,18-,19+,22-,25+;/m0./s1. The first kappa shape index (κ1) is 33.7. The molecule has 0 unspecified atom stereocenters. The van der Waals surface area contributed by atoms with E-state index in [2.05, 4.69) is 0 Å². The van der Waals surface area contributed by atoms with Crippen molar-refractivity contribution in [3.8, 4) is 23.0 Å². The third-order valence-corrected chi connectivity index (χ3v) is 6.50. The first-order valence-corrected chi connectivity index (χ1v) is 12.4. The van der Waals surface area contributed by atoms with Crippen molar-refractivity contribution < 1.29 is 54.4 Å². The van der Waals surface area contributed by atoms with Gasteiger partial charge in [0.25, 0.3) is 0 Å². The van der Waals surface area contributed by atoms with Crippen LogP contribution in [0, 0.1) is 6.92 Å². The van der Waals surface area contributed by atoms with Crippen molar-refractivity contribution in [1.82, 2.24) is 0 Å². The molecule has 0 aromatic heterocycles. The number of carboxylic acids is 1. The third-order valence-electron chi connectivity index (χ3n) is 6.50. The van der Waals surface area contributed by atoms with Gasteiger partial charge in [0.1, 0.15) is 18.3 Å². The van der Waals surface area contributed by atoms with Crippen molar-refractivity contribution in [2.24, 2.45) is 0 Å². The maximum atomic E-state index is 11.4. The van der Waals surface area contributed by atoms with Crippen molar-refractivity contribution in [3.05, 3.63) is 11.1 Å². The fourth-order valence-electron chi connectivity index (χ4n) is 4.39. The van der Waals surface area contributed by atoms with Crippen LogP contribution in [0.1, 0.15) is 62.5 Å². The van der Waals surface area contributed by atoms with Crippen molar-refractivity contribution in [3.63, 3.8) is 0 Å². The Labute approximate surface area is 239 Å². The van der Waals surface area contributed by atoms with Crippen LogP contribution in [0.15, 0.2) is 0 Å². The van der Waals surface area contributed by atoms with Gasteiger partial charge in [-0.25, -0.2) is 4.79 Å². The minimum atomic E-state index is -1.85. The first-order chi connectivity index (χ1) is 17.2. The number of carbonyl (C=O) groups is 1. The van der Waals surface area contributed by atoms with Crippen LogP contribution in [0.25, 0.3) is 0 Å². The Balaban J connectivity index is 0.00000684. The maximum absolute atomic E-state index is 11.4. The number of aliphatic hydroxyl groups is 4.